The second-order valence-corrected chi connectivity index (χ2v) is 4.33. The summed E-state index contributed by atoms with van der Waals surface area (Å²) in [5.41, 5.74) is 0.979. The molecule has 0 spiro atoms. The fourth-order valence-electron chi connectivity index (χ4n) is 1.53. The monoisotopic (exact) mass is 280 g/mol. The highest BCUT2D eigenvalue weighted by atomic mass is 35.5. The first kappa shape index (κ1) is 13.8. The summed E-state index contributed by atoms with van der Waals surface area (Å²) in [7, 11) is 0. The fraction of sp³-hybridized carbons (Fsp3) is 0.214. The number of aromatic nitrogens is 1. The zero-order chi connectivity index (χ0) is 13.5. The molecule has 0 saturated carbocycles. The molecule has 0 saturated heterocycles. The molecule has 2 aromatic rings. The minimum Gasteiger partial charge on any atom is -0.492 e. The van der Waals surface area contributed by atoms with Crippen LogP contribution in [0.2, 0.25) is 5.02 Å². The van der Waals surface area contributed by atoms with Crippen LogP contribution in [-0.4, -0.2) is 18.1 Å². The average molecular weight is 281 g/mol. The molecule has 3 nitrogen and oxygen atoms in total. The smallest absolute Gasteiger partial charge is 0.142 e. The molecule has 0 aliphatic heterocycles. The first-order chi connectivity index (χ1) is 9.25. The predicted octanol–water partition coefficient (Wildman–Crippen LogP) is 3.04. The minimum absolute atomic E-state index is 0.0685. The second-order valence-electron chi connectivity index (χ2n) is 3.92. The van der Waals surface area contributed by atoms with Crippen LogP contribution in [0.25, 0.3) is 0 Å². The highest BCUT2D eigenvalue weighted by Crippen LogP contribution is 2.20. The van der Waals surface area contributed by atoms with Crippen molar-refractivity contribution in [3.05, 3.63) is 59.1 Å². The van der Waals surface area contributed by atoms with Gasteiger partial charge in [-0.05, 0) is 24.3 Å². The van der Waals surface area contributed by atoms with Crippen molar-refractivity contribution in [1.82, 2.24) is 10.3 Å². The van der Waals surface area contributed by atoms with Gasteiger partial charge in [-0.15, -0.1) is 0 Å². The van der Waals surface area contributed by atoms with Crippen LogP contribution in [0.4, 0.5) is 4.39 Å². The number of nitrogens with zero attached hydrogens (tertiary/aromatic N) is 1. The molecule has 19 heavy (non-hydrogen) atoms. The van der Waals surface area contributed by atoms with Crippen LogP contribution in [0, 0.1) is 5.82 Å². The third kappa shape index (κ3) is 4.50. The van der Waals surface area contributed by atoms with Crippen molar-refractivity contribution in [3.8, 4) is 5.75 Å². The maximum absolute atomic E-state index is 12.9. The number of nitrogens with one attached hydrogen (secondary N) is 1. The molecular formula is C14H14ClFN2O. The number of hydrogen-bond acceptors (Lipinski definition) is 3. The Hall–Kier alpha value is -1.65. The Morgan fingerprint density at radius 1 is 1.26 bits per heavy atom. The third-order valence-electron chi connectivity index (χ3n) is 2.47. The van der Waals surface area contributed by atoms with Gasteiger partial charge in [-0.1, -0.05) is 17.7 Å². The Morgan fingerprint density at radius 2 is 2.16 bits per heavy atom. The van der Waals surface area contributed by atoms with E-state index in [2.05, 4.69) is 10.3 Å². The van der Waals surface area contributed by atoms with Crippen molar-refractivity contribution in [2.45, 2.75) is 6.54 Å². The van der Waals surface area contributed by atoms with Gasteiger partial charge in [0.05, 0.1) is 10.7 Å². The number of rotatable bonds is 6. The van der Waals surface area contributed by atoms with E-state index in [-0.39, 0.29) is 5.02 Å². The lowest BCUT2D eigenvalue weighted by atomic mass is 10.3. The fourth-order valence-corrected chi connectivity index (χ4v) is 1.70. The number of hydrogen-bond donors (Lipinski definition) is 1. The zero-order valence-corrected chi connectivity index (χ0v) is 11.0. The van der Waals surface area contributed by atoms with Crippen LogP contribution in [0.3, 0.4) is 0 Å². The summed E-state index contributed by atoms with van der Waals surface area (Å²) in [6.45, 7) is 1.84. The lowest BCUT2D eigenvalue weighted by Crippen LogP contribution is -2.21. The van der Waals surface area contributed by atoms with Crippen molar-refractivity contribution in [2.24, 2.45) is 0 Å². The van der Waals surface area contributed by atoms with Crippen molar-refractivity contribution in [3.63, 3.8) is 0 Å². The summed E-state index contributed by atoms with van der Waals surface area (Å²) in [6, 6.07) is 10.1. The van der Waals surface area contributed by atoms with Crippen LogP contribution in [0.1, 0.15) is 5.69 Å². The van der Waals surface area contributed by atoms with E-state index in [4.69, 9.17) is 16.3 Å². The molecule has 0 atom stereocenters. The summed E-state index contributed by atoms with van der Waals surface area (Å²) < 4.78 is 18.4. The van der Waals surface area contributed by atoms with E-state index in [1.807, 2.05) is 18.2 Å². The van der Waals surface area contributed by atoms with Gasteiger partial charge in [-0.2, -0.15) is 0 Å². The first-order valence-electron chi connectivity index (χ1n) is 5.94. The normalized spacial score (nSPS) is 10.4. The van der Waals surface area contributed by atoms with Crippen LogP contribution < -0.4 is 10.1 Å². The van der Waals surface area contributed by atoms with Crippen molar-refractivity contribution in [1.29, 1.82) is 0 Å². The Balaban J connectivity index is 1.68. The molecule has 0 bridgehead atoms. The standard InChI is InChI=1S/C14H14ClFN2O/c15-13-9-12(4-5-14(13)16)19-8-7-17-10-11-3-1-2-6-18-11/h1-6,9,17H,7-8,10H2. The summed E-state index contributed by atoms with van der Waals surface area (Å²) in [5.74, 6) is 0.119. The van der Waals surface area contributed by atoms with Gasteiger partial charge in [0.1, 0.15) is 18.2 Å². The minimum atomic E-state index is -0.442. The van der Waals surface area contributed by atoms with E-state index >= 15 is 0 Å². The van der Waals surface area contributed by atoms with Crippen LogP contribution in [0.15, 0.2) is 42.6 Å². The van der Waals surface area contributed by atoms with Crippen LogP contribution >= 0.6 is 11.6 Å². The Labute approximate surface area is 116 Å². The van der Waals surface area contributed by atoms with E-state index in [1.54, 1.807) is 12.3 Å². The molecule has 0 radical (unpaired) electrons. The maximum atomic E-state index is 12.9. The second kappa shape index (κ2) is 7.07. The molecule has 1 aromatic carbocycles. The highest BCUT2D eigenvalue weighted by Gasteiger charge is 2.01. The maximum Gasteiger partial charge on any atom is 0.142 e. The van der Waals surface area contributed by atoms with E-state index in [0.29, 0.717) is 25.4 Å². The molecule has 1 heterocycles. The Morgan fingerprint density at radius 3 is 2.89 bits per heavy atom. The molecule has 5 heteroatoms. The van der Waals surface area contributed by atoms with Crippen molar-refractivity contribution < 1.29 is 9.13 Å². The van der Waals surface area contributed by atoms with Gasteiger partial charge in [0.15, 0.2) is 0 Å². The predicted molar refractivity (Wildman–Crippen MR) is 72.8 cm³/mol. The van der Waals surface area contributed by atoms with Crippen molar-refractivity contribution >= 4 is 11.6 Å². The van der Waals surface area contributed by atoms with Gasteiger partial charge in [-0.25, -0.2) is 4.39 Å². The number of pyridine rings is 1. The van der Waals surface area contributed by atoms with Gasteiger partial charge >= 0.3 is 0 Å². The Kier molecular flexibility index (Phi) is 5.12. The number of ether oxygens (including phenoxy) is 1. The van der Waals surface area contributed by atoms with Gasteiger partial charge in [0.25, 0.3) is 0 Å². The quantitative estimate of drug-likeness (QED) is 0.826. The Bertz CT molecular complexity index is 522. The van der Waals surface area contributed by atoms with E-state index in [1.165, 1.54) is 12.1 Å². The lowest BCUT2D eigenvalue weighted by molar-refractivity contribution is 0.313. The summed E-state index contributed by atoms with van der Waals surface area (Å²) >= 11 is 5.66. The van der Waals surface area contributed by atoms with Gasteiger partial charge in [0, 0.05) is 25.4 Å². The van der Waals surface area contributed by atoms with Crippen LogP contribution in [-0.2, 0) is 6.54 Å². The summed E-state index contributed by atoms with van der Waals surface area (Å²) in [5, 5.41) is 3.27. The third-order valence-corrected chi connectivity index (χ3v) is 2.76. The molecule has 0 aliphatic carbocycles. The molecule has 0 fully saturated rings. The first-order valence-corrected chi connectivity index (χ1v) is 6.32. The molecular weight excluding hydrogens is 267 g/mol. The van der Waals surface area contributed by atoms with E-state index in [0.717, 1.165) is 5.69 Å². The molecule has 0 aliphatic rings. The van der Waals surface area contributed by atoms with Crippen molar-refractivity contribution in [2.75, 3.05) is 13.2 Å². The number of halogens is 2. The molecule has 0 unspecified atom stereocenters. The molecule has 1 N–H and O–H groups in total. The SMILES string of the molecule is Fc1ccc(OCCNCc2ccccn2)cc1Cl. The van der Waals surface area contributed by atoms with E-state index < -0.39 is 5.82 Å². The summed E-state index contributed by atoms with van der Waals surface area (Å²) in [6.07, 6.45) is 1.76. The lowest BCUT2D eigenvalue weighted by Gasteiger charge is -2.07. The highest BCUT2D eigenvalue weighted by molar-refractivity contribution is 6.30. The molecule has 100 valence electrons. The van der Waals surface area contributed by atoms with E-state index in [9.17, 15) is 4.39 Å². The van der Waals surface area contributed by atoms with Crippen LogP contribution in [0.5, 0.6) is 5.75 Å². The topological polar surface area (TPSA) is 34.1 Å². The molecule has 1 aromatic heterocycles. The molecule has 0 amide bonds. The summed E-state index contributed by atoms with van der Waals surface area (Å²) in [4.78, 5) is 4.19. The number of benzene rings is 1. The largest absolute Gasteiger partial charge is 0.492 e. The van der Waals surface area contributed by atoms with Gasteiger partial charge in [0.2, 0.25) is 0 Å². The molecule has 2 rings (SSSR count). The average Bonchev–Trinajstić information content (AvgIpc) is 2.43. The van der Waals surface area contributed by atoms with Gasteiger partial charge in [-0.3, -0.25) is 4.98 Å². The van der Waals surface area contributed by atoms with Gasteiger partial charge < -0.3 is 10.1 Å². The zero-order valence-electron chi connectivity index (χ0n) is 10.3.